The van der Waals surface area contributed by atoms with Gasteiger partial charge in [0.25, 0.3) is 5.91 Å². The van der Waals surface area contributed by atoms with Crippen molar-refractivity contribution >= 4 is 16.9 Å². The number of para-hydroxylation sites is 2. The van der Waals surface area contributed by atoms with E-state index in [0.29, 0.717) is 18.1 Å². The maximum absolute atomic E-state index is 12.3. The number of hydrogen-bond acceptors (Lipinski definition) is 4. The molecule has 2 heterocycles. The lowest BCUT2D eigenvalue weighted by Crippen LogP contribution is -2.23. The van der Waals surface area contributed by atoms with Crippen molar-refractivity contribution in [3.05, 3.63) is 71.7 Å². The SMILES string of the molecule is Cc1ccc(-c2cc(C(=O)NCc3nc4ccccc4[nH]3)no2)cc1. The van der Waals surface area contributed by atoms with E-state index >= 15 is 0 Å². The molecule has 0 fully saturated rings. The Kier molecular flexibility index (Phi) is 3.78. The molecule has 0 radical (unpaired) electrons. The molecular formula is C19H16N4O2. The van der Waals surface area contributed by atoms with Crippen molar-refractivity contribution in [2.75, 3.05) is 0 Å². The predicted octanol–water partition coefficient (Wildman–Crippen LogP) is 3.46. The fourth-order valence-electron chi connectivity index (χ4n) is 2.58. The van der Waals surface area contributed by atoms with Crippen LogP contribution in [0.1, 0.15) is 21.9 Å². The topological polar surface area (TPSA) is 83.8 Å². The summed E-state index contributed by atoms with van der Waals surface area (Å²) in [7, 11) is 0. The summed E-state index contributed by atoms with van der Waals surface area (Å²) in [6.45, 7) is 2.31. The number of aromatic amines is 1. The quantitative estimate of drug-likeness (QED) is 0.599. The Bertz CT molecular complexity index is 998. The number of benzene rings is 2. The van der Waals surface area contributed by atoms with Crippen LogP contribution >= 0.6 is 0 Å². The lowest BCUT2D eigenvalue weighted by Gasteiger charge is -1.99. The summed E-state index contributed by atoms with van der Waals surface area (Å²) in [6, 6.07) is 17.2. The third-order valence-electron chi connectivity index (χ3n) is 3.93. The molecule has 1 amide bonds. The van der Waals surface area contributed by atoms with E-state index in [4.69, 9.17) is 4.52 Å². The van der Waals surface area contributed by atoms with E-state index in [1.54, 1.807) is 6.07 Å². The molecule has 0 bridgehead atoms. The monoisotopic (exact) mass is 332 g/mol. The zero-order valence-electron chi connectivity index (χ0n) is 13.6. The Balaban J connectivity index is 1.45. The lowest BCUT2D eigenvalue weighted by molar-refractivity contribution is 0.0941. The molecule has 2 aromatic carbocycles. The normalized spacial score (nSPS) is 10.9. The number of fused-ring (bicyclic) bond motifs is 1. The van der Waals surface area contributed by atoms with Crippen molar-refractivity contribution in [3.8, 4) is 11.3 Å². The van der Waals surface area contributed by atoms with Gasteiger partial charge in [0.1, 0.15) is 5.82 Å². The molecule has 2 aromatic heterocycles. The van der Waals surface area contributed by atoms with Gasteiger partial charge in [0.2, 0.25) is 0 Å². The molecule has 0 atom stereocenters. The van der Waals surface area contributed by atoms with Crippen LogP contribution in [-0.2, 0) is 6.54 Å². The standard InChI is InChI=1S/C19H16N4O2/c1-12-6-8-13(9-7-12)17-10-16(23-25-17)19(24)20-11-18-21-14-4-2-3-5-15(14)22-18/h2-10H,11H2,1H3,(H,20,24)(H,21,22). The van der Waals surface area contributed by atoms with Crippen molar-refractivity contribution in [1.29, 1.82) is 0 Å². The third-order valence-corrected chi connectivity index (χ3v) is 3.93. The molecule has 4 rings (SSSR count). The van der Waals surface area contributed by atoms with E-state index < -0.39 is 0 Å². The minimum atomic E-state index is -0.303. The van der Waals surface area contributed by atoms with Gasteiger partial charge in [-0.2, -0.15) is 0 Å². The molecule has 0 aliphatic carbocycles. The summed E-state index contributed by atoms with van der Waals surface area (Å²) < 4.78 is 5.28. The van der Waals surface area contributed by atoms with Crippen LogP contribution in [-0.4, -0.2) is 21.0 Å². The third kappa shape index (κ3) is 3.14. The molecule has 25 heavy (non-hydrogen) atoms. The van der Waals surface area contributed by atoms with Crippen molar-refractivity contribution in [2.24, 2.45) is 0 Å². The van der Waals surface area contributed by atoms with E-state index in [0.717, 1.165) is 22.2 Å². The first-order valence-electron chi connectivity index (χ1n) is 7.94. The van der Waals surface area contributed by atoms with Crippen molar-refractivity contribution in [2.45, 2.75) is 13.5 Å². The molecule has 0 aliphatic heterocycles. The largest absolute Gasteiger partial charge is 0.355 e. The van der Waals surface area contributed by atoms with Crippen LogP contribution < -0.4 is 5.32 Å². The number of nitrogens with zero attached hydrogens (tertiary/aromatic N) is 2. The predicted molar refractivity (Wildman–Crippen MR) is 93.9 cm³/mol. The zero-order valence-corrected chi connectivity index (χ0v) is 13.6. The molecular weight excluding hydrogens is 316 g/mol. The maximum Gasteiger partial charge on any atom is 0.273 e. The average Bonchev–Trinajstić information content (AvgIpc) is 3.27. The highest BCUT2D eigenvalue weighted by Crippen LogP contribution is 2.20. The molecule has 6 nitrogen and oxygen atoms in total. The minimum Gasteiger partial charge on any atom is -0.355 e. The number of aromatic nitrogens is 3. The number of amides is 1. The number of imidazole rings is 1. The number of carbonyl (C=O) groups excluding carboxylic acids is 1. The van der Waals surface area contributed by atoms with E-state index in [1.807, 2.05) is 55.5 Å². The van der Waals surface area contributed by atoms with Crippen molar-refractivity contribution in [3.63, 3.8) is 0 Å². The first kappa shape index (κ1) is 15.1. The molecule has 0 aliphatic rings. The van der Waals surface area contributed by atoms with Crippen LogP contribution in [0, 0.1) is 6.92 Å². The molecule has 124 valence electrons. The Morgan fingerprint density at radius 3 is 2.76 bits per heavy atom. The molecule has 0 spiro atoms. The summed E-state index contributed by atoms with van der Waals surface area (Å²) in [5, 5.41) is 6.65. The van der Waals surface area contributed by atoms with Gasteiger partial charge in [0.15, 0.2) is 11.5 Å². The fourth-order valence-corrected chi connectivity index (χ4v) is 2.58. The van der Waals surface area contributed by atoms with Crippen molar-refractivity contribution in [1.82, 2.24) is 20.4 Å². The molecule has 2 N–H and O–H groups in total. The molecule has 0 saturated heterocycles. The van der Waals surface area contributed by atoms with Gasteiger partial charge in [-0.15, -0.1) is 0 Å². The summed E-state index contributed by atoms with van der Waals surface area (Å²) in [5.41, 5.74) is 4.10. The highest BCUT2D eigenvalue weighted by Gasteiger charge is 2.14. The smallest absolute Gasteiger partial charge is 0.273 e. The van der Waals surface area contributed by atoms with Gasteiger partial charge in [-0.3, -0.25) is 4.79 Å². The van der Waals surface area contributed by atoms with Gasteiger partial charge in [0.05, 0.1) is 17.6 Å². The van der Waals surface area contributed by atoms with Gasteiger partial charge < -0.3 is 14.8 Å². The zero-order chi connectivity index (χ0) is 17.2. The summed E-state index contributed by atoms with van der Waals surface area (Å²) in [4.78, 5) is 19.9. The van der Waals surface area contributed by atoms with Crippen LogP contribution in [0.2, 0.25) is 0 Å². The molecule has 0 unspecified atom stereocenters. The van der Waals surface area contributed by atoms with E-state index in [9.17, 15) is 4.79 Å². The number of aryl methyl sites for hydroxylation is 1. The van der Waals surface area contributed by atoms with Crippen LogP contribution in [0.15, 0.2) is 59.1 Å². The number of nitrogens with one attached hydrogen (secondary N) is 2. The van der Waals surface area contributed by atoms with E-state index in [-0.39, 0.29) is 11.6 Å². The Labute approximate surface area is 143 Å². The second-order valence-corrected chi connectivity index (χ2v) is 5.83. The highest BCUT2D eigenvalue weighted by molar-refractivity contribution is 5.93. The van der Waals surface area contributed by atoms with Gasteiger partial charge in [-0.25, -0.2) is 4.98 Å². The van der Waals surface area contributed by atoms with Gasteiger partial charge >= 0.3 is 0 Å². The number of carbonyl (C=O) groups is 1. The molecule has 4 aromatic rings. The maximum atomic E-state index is 12.3. The van der Waals surface area contributed by atoms with Gasteiger partial charge in [0, 0.05) is 11.6 Å². The van der Waals surface area contributed by atoms with Crippen molar-refractivity contribution < 1.29 is 9.32 Å². The van der Waals surface area contributed by atoms with Crippen LogP contribution in [0.5, 0.6) is 0 Å². The van der Waals surface area contributed by atoms with Crippen LogP contribution in [0.4, 0.5) is 0 Å². The summed E-state index contributed by atoms with van der Waals surface area (Å²) in [5.74, 6) is 0.952. The van der Waals surface area contributed by atoms with E-state index in [2.05, 4.69) is 20.4 Å². The lowest BCUT2D eigenvalue weighted by atomic mass is 10.1. The molecule has 6 heteroatoms. The Morgan fingerprint density at radius 1 is 1.16 bits per heavy atom. The van der Waals surface area contributed by atoms with Gasteiger partial charge in [-0.05, 0) is 19.1 Å². The number of rotatable bonds is 4. The van der Waals surface area contributed by atoms with Crippen LogP contribution in [0.25, 0.3) is 22.4 Å². The Hall–Kier alpha value is -3.41. The Morgan fingerprint density at radius 2 is 1.96 bits per heavy atom. The van der Waals surface area contributed by atoms with E-state index in [1.165, 1.54) is 0 Å². The second kappa shape index (κ2) is 6.24. The average molecular weight is 332 g/mol. The summed E-state index contributed by atoms with van der Waals surface area (Å²) >= 11 is 0. The second-order valence-electron chi connectivity index (χ2n) is 5.83. The first-order valence-corrected chi connectivity index (χ1v) is 7.94. The first-order chi connectivity index (χ1) is 12.2. The van der Waals surface area contributed by atoms with Crippen LogP contribution in [0.3, 0.4) is 0 Å². The highest BCUT2D eigenvalue weighted by atomic mass is 16.5. The summed E-state index contributed by atoms with van der Waals surface area (Å²) in [6.07, 6.45) is 0. The molecule has 0 saturated carbocycles. The van der Waals surface area contributed by atoms with Gasteiger partial charge in [-0.1, -0.05) is 47.1 Å². The number of hydrogen-bond donors (Lipinski definition) is 2. The minimum absolute atomic E-state index is 0.242. The fraction of sp³-hybridized carbons (Fsp3) is 0.105. The number of H-pyrrole nitrogens is 1.